The van der Waals surface area contributed by atoms with E-state index in [9.17, 15) is 4.79 Å². The summed E-state index contributed by atoms with van der Waals surface area (Å²) in [6, 6.07) is 0. The topological polar surface area (TPSA) is 26.3 Å². The summed E-state index contributed by atoms with van der Waals surface area (Å²) in [5.74, 6) is 0. The highest BCUT2D eigenvalue weighted by Crippen LogP contribution is 2.79. The fourth-order valence-electron chi connectivity index (χ4n) is 1.46. The van der Waals surface area contributed by atoms with Crippen molar-refractivity contribution in [2.24, 2.45) is 0 Å². The van der Waals surface area contributed by atoms with Gasteiger partial charge < -0.3 is 4.74 Å². The Labute approximate surface area is 339 Å². The average Bonchev–Trinajstić information content (AvgIpc) is 2.52. The van der Waals surface area contributed by atoms with Gasteiger partial charge in [-0.1, -0.05) is 271 Å². The van der Waals surface area contributed by atoms with Gasteiger partial charge in [0.15, 0.2) is 5.38 Å². The minimum atomic E-state index is -1.48. The average molecular weight is 1670 g/mol. The zero-order valence-electron chi connectivity index (χ0n) is 13.0. The first kappa shape index (κ1) is 39.6. The lowest BCUT2D eigenvalue weighted by Gasteiger charge is -2.58. The molecule has 0 aliphatic carbocycles. The molecule has 1 radical (unpaired) electrons. The van der Waals surface area contributed by atoms with Crippen molar-refractivity contribution in [1.82, 2.24) is 0 Å². The molecule has 0 saturated carbocycles. The smallest absolute Gasteiger partial charge is 0.419 e. The lowest BCUT2D eigenvalue weighted by atomic mass is 10.1. The monoisotopic (exact) mass is 1650 g/mol. The Morgan fingerprint density at radius 1 is 0.387 bits per heavy atom. The van der Waals surface area contributed by atoms with Gasteiger partial charge in [-0.05, 0) is 31.9 Å². The Morgan fingerprint density at radius 2 is 0.613 bits per heavy atom. The predicted octanol–water partition coefficient (Wildman–Crippen LogP) is 13.8. The fraction of sp³-hybridized carbons (Fsp3) is 0.900. The molecule has 0 aliphatic heterocycles. The molecule has 0 aromatic rings. The first-order valence-electron chi connectivity index (χ1n) is 6.20. The van der Waals surface area contributed by atoms with Gasteiger partial charge in [0.25, 0.3) is 0 Å². The molecule has 185 valence electrons. The third-order valence-electron chi connectivity index (χ3n) is 3.26. The van der Waals surface area contributed by atoms with Crippen molar-refractivity contribution in [2.45, 2.75) is 28.2 Å². The number of ether oxygens (including phenoxy) is 1. The van der Waals surface area contributed by atoms with Gasteiger partial charge in [0.1, 0.15) is 19.4 Å². The quantitative estimate of drug-likeness (QED) is 0.215. The highest BCUT2D eigenvalue weighted by Gasteiger charge is 2.79. The van der Waals surface area contributed by atoms with Gasteiger partial charge in [0, 0.05) is 0 Å². The Balaban J connectivity index is 6.87. The lowest BCUT2D eigenvalue weighted by molar-refractivity contribution is 0.223. The highest BCUT2D eigenvalue weighted by molar-refractivity contribution is 9.42. The molecule has 0 amide bonds. The summed E-state index contributed by atoms with van der Waals surface area (Å²) in [6.45, 7) is 1.41. The van der Waals surface area contributed by atoms with Crippen molar-refractivity contribution < 1.29 is 9.53 Å². The molecular weight excluding hydrogens is 1670 g/mol. The zero-order chi connectivity index (χ0) is 25.9. The van der Waals surface area contributed by atoms with Gasteiger partial charge in [-0.3, -0.25) is 0 Å². The molecule has 0 atom stereocenters. The fourth-order valence-corrected chi connectivity index (χ4v) is 18.3. The molecule has 0 rings (SSSR count). The molecular formula is C10Br19O2. The van der Waals surface area contributed by atoms with E-state index in [-0.39, 0.29) is 0 Å². The number of rotatable bonds is 9. The molecule has 0 unspecified atom stereocenters. The van der Waals surface area contributed by atoms with Crippen molar-refractivity contribution in [3.63, 3.8) is 0 Å². The van der Waals surface area contributed by atoms with E-state index in [0.717, 1.165) is 0 Å². The molecule has 0 spiro atoms. The molecule has 0 saturated heterocycles. The molecule has 0 bridgehead atoms. The van der Waals surface area contributed by atoms with Crippen LogP contribution in [-0.2, 0) is 9.53 Å². The van der Waals surface area contributed by atoms with Crippen molar-refractivity contribution in [1.29, 1.82) is 0 Å². The summed E-state index contributed by atoms with van der Waals surface area (Å²) in [4.78, 5) is 11.0. The van der Waals surface area contributed by atoms with Crippen LogP contribution < -0.4 is 0 Å². The van der Waals surface area contributed by atoms with Crippen LogP contribution in [0.1, 0.15) is 0 Å². The Hall–Kier alpha value is 8.59. The van der Waals surface area contributed by atoms with Crippen molar-refractivity contribution >= 4 is 309 Å². The third-order valence-corrected chi connectivity index (χ3v) is 41.2. The van der Waals surface area contributed by atoms with Crippen LogP contribution >= 0.6 is 303 Å². The summed E-state index contributed by atoms with van der Waals surface area (Å²) >= 11 is 69.4. The minimum Gasteiger partial charge on any atom is -0.426 e. The number of halogens is 19. The zero-order valence-corrected chi connectivity index (χ0v) is 43.1. The van der Waals surface area contributed by atoms with Crippen LogP contribution in [0.4, 0.5) is 0 Å². The van der Waals surface area contributed by atoms with Crippen LogP contribution in [0.3, 0.4) is 0 Å². The second-order valence-corrected chi connectivity index (χ2v) is 39.4. The van der Waals surface area contributed by atoms with Gasteiger partial charge in [-0.2, -0.15) is 0 Å². The van der Waals surface area contributed by atoms with Crippen molar-refractivity contribution in [3.05, 3.63) is 0 Å². The van der Waals surface area contributed by atoms with E-state index >= 15 is 0 Å². The highest BCUT2D eigenvalue weighted by atomic mass is 80.0. The second kappa shape index (κ2) is 13.1. The second-order valence-electron chi connectivity index (χ2n) is 5.22. The SMILES string of the molecule is O=[C]OC(Br)(Br)C(Br)(Br)C(Br)(Br)C(Br)(Br)C(Br)(Br)C(Br)(Br)C(Br)(Br)C(Br)(Br)C(Br)(Br)Br. The van der Waals surface area contributed by atoms with Gasteiger partial charge in [-0.25, -0.2) is 4.79 Å². The summed E-state index contributed by atoms with van der Waals surface area (Å²) in [5, 5.41) is 0. The van der Waals surface area contributed by atoms with Crippen LogP contribution in [0.5, 0.6) is 0 Å². The largest absolute Gasteiger partial charge is 0.426 e. The molecule has 0 N–H and O–H groups in total. The van der Waals surface area contributed by atoms with Crippen LogP contribution in [-0.4, -0.2) is 34.7 Å². The maximum absolute atomic E-state index is 11.0. The van der Waals surface area contributed by atoms with Crippen molar-refractivity contribution in [3.8, 4) is 0 Å². The summed E-state index contributed by atoms with van der Waals surface area (Å²) < 4.78 is -5.26. The molecule has 0 aromatic carbocycles. The van der Waals surface area contributed by atoms with Gasteiger partial charge in [0.2, 0.25) is 3.42 Å². The molecule has 0 heterocycles. The van der Waals surface area contributed by atoms with Gasteiger partial charge in [0.05, 0.1) is 0 Å². The minimum absolute atomic E-state index is 0.847. The summed E-state index contributed by atoms with van der Waals surface area (Å²) in [7, 11) is 0. The van der Waals surface area contributed by atoms with E-state index < -0.39 is 28.2 Å². The molecule has 31 heavy (non-hydrogen) atoms. The molecule has 21 heteroatoms. The van der Waals surface area contributed by atoms with E-state index in [0.29, 0.717) is 0 Å². The first-order valence-corrected chi connectivity index (χ1v) is 21.3. The number of alkyl halides is 19. The predicted molar refractivity (Wildman–Crippen MR) is 201 cm³/mol. The van der Waals surface area contributed by atoms with Gasteiger partial charge in [-0.15, -0.1) is 0 Å². The third kappa shape index (κ3) is 7.22. The van der Waals surface area contributed by atoms with Crippen molar-refractivity contribution in [2.75, 3.05) is 0 Å². The number of hydrogen-bond acceptors (Lipinski definition) is 2. The van der Waals surface area contributed by atoms with E-state index in [2.05, 4.69) is 303 Å². The Kier molecular flexibility index (Phi) is 16.7. The summed E-state index contributed by atoms with van der Waals surface area (Å²) in [5.41, 5.74) is 0. The molecule has 2 nitrogen and oxygen atoms in total. The van der Waals surface area contributed by atoms with Gasteiger partial charge >= 0.3 is 6.47 Å². The van der Waals surface area contributed by atoms with Crippen LogP contribution in [0.15, 0.2) is 0 Å². The maximum Gasteiger partial charge on any atom is 0.419 e. The lowest BCUT2D eigenvalue weighted by Crippen LogP contribution is -2.69. The van der Waals surface area contributed by atoms with E-state index in [1.165, 1.54) is 6.47 Å². The molecule has 0 fully saturated rings. The summed E-state index contributed by atoms with van der Waals surface area (Å²) in [6.07, 6.45) is 0. The Morgan fingerprint density at radius 3 is 0.839 bits per heavy atom. The van der Waals surface area contributed by atoms with Crippen LogP contribution in [0.25, 0.3) is 0 Å². The normalized spacial score (nSPS) is 16.4. The van der Waals surface area contributed by atoms with E-state index in [1.807, 2.05) is 0 Å². The van der Waals surface area contributed by atoms with E-state index in [1.54, 1.807) is 0 Å². The molecule has 0 aliphatic rings. The van der Waals surface area contributed by atoms with E-state index in [4.69, 9.17) is 4.74 Å². The Bertz CT molecular complexity index is 674. The first-order chi connectivity index (χ1) is 13.1. The number of hydrogen-bond donors (Lipinski definition) is 0. The maximum atomic E-state index is 11.0. The van der Waals surface area contributed by atoms with Crippen LogP contribution in [0, 0.1) is 0 Å². The molecule has 0 aromatic heterocycles. The number of carbonyl (C=O) groups excluding carboxylic acids is 1. The standard InChI is InChI=1S/C10Br19O2/c11-2(12,3(13,14)5(17,18)7(21,22)9(25,26)27)4(15,16)6(19,20)8(23,24)10(28,29)31-1-30. The van der Waals surface area contributed by atoms with Crippen LogP contribution in [0.2, 0.25) is 0 Å².